The Bertz CT molecular complexity index is 487. The van der Waals surface area contributed by atoms with E-state index in [0.717, 1.165) is 28.2 Å². The van der Waals surface area contributed by atoms with E-state index in [2.05, 4.69) is 31.4 Å². The summed E-state index contributed by atoms with van der Waals surface area (Å²) in [6, 6.07) is 4.51. The van der Waals surface area contributed by atoms with Crippen LogP contribution in [0.2, 0.25) is 0 Å². The van der Waals surface area contributed by atoms with Crippen LogP contribution in [0.5, 0.6) is 0 Å². The molecule has 5 heteroatoms. The van der Waals surface area contributed by atoms with Gasteiger partial charge < -0.3 is 9.73 Å². The molecule has 1 aliphatic rings. The molecule has 3 rings (SSSR count). The molecule has 0 radical (unpaired) electrons. The molecule has 0 spiro atoms. The van der Waals surface area contributed by atoms with Crippen molar-refractivity contribution < 1.29 is 4.42 Å². The monoisotopic (exact) mass is 281 g/mol. The number of halogens is 1. The molecule has 0 aliphatic heterocycles. The average Bonchev–Trinajstić information content (AvgIpc) is 2.82. The lowest BCUT2D eigenvalue weighted by atomic mass is 10.2. The van der Waals surface area contributed by atoms with Gasteiger partial charge in [0.2, 0.25) is 0 Å². The molecule has 2 aromatic rings. The van der Waals surface area contributed by atoms with E-state index in [1.165, 1.54) is 12.8 Å². The van der Waals surface area contributed by atoms with Crippen molar-refractivity contribution >= 4 is 15.9 Å². The standard InChI is InChI=1S/C11H12BrN3O/c12-10-4-3-9(16-10)11-7(6-14-15-11)5-13-8-1-2-8/h3-4,6,8,13H,1-2,5H2,(H,14,15). The van der Waals surface area contributed by atoms with Gasteiger partial charge in [0.15, 0.2) is 10.4 Å². The number of aromatic nitrogens is 2. The summed E-state index contributed by atoms with van der Waals surface area (Å²) in [5.74, 6) is 0.817. The van der Waals surface area contributed by atoms with Gasteiger partial charge in [-0.05, 0) is 40.9 Å². The number of hydrogen-bond acceptors (Lipinski definition) is 3. The minimum absolute atomic E-state index is 0.700. The van der Waals surface area contributed by atoms with Crippen molar-refractivity contribution in [3.8, 4) is 11.5 Å². The summed E-state index contributed by atoms with van der Waals surface area (Å²) in [7, 11) is 0. The van der Waals surface area contributed by atoms with Crippen LogP contribution < -0.4 is 5.32 Å². The number of furan rings is 1. The quantitative estimate of drug-likeness (QED) is 0.906. The van der Waals surface area contributed by atoms with Gasteiger partial charge in [-0.15, -0.1) is 0 Å². The Morgan fingerprint density at radius 1 is 1.50 bits per heavy atom. The third kappa shape index (κ3) is 2.05. The van der Waals surface area contributed by atoms with Crippen LogP contribution in [0.4, 0.5) is 0 Å². The number of rotatable bonds is 4. The van der Waals surface area contributed by atoms with Crippen molar-refractivity contribution in [2.45, 2.75) is 25.4 Å². The Morgan fingerprint density at radius 2 is 2.38 bits per heavy atom. The highest BCUT2D eigenvalue weighted by Crippen LogP contribution is 2.26. The Balaban J connectivity index is 1.80. The summed E-state index contributed by atoms with van der Waals surface area (Å²) < 4.78 is 6.24. The normalized spacial score (nSPS) is 15.6. The van der Waals surface area contributed by atoms with Gasteiger partial charge >= 0.3 is 0 Å². The Hall–Kier alpha value is -1.07. The van der Waals surface area contributed by atoms with E-state index in [0.29, 0.717) is 6.04 Å². The largest absolute Gasteiger partial charge is 0.448 e. The fraction of sp³-hybridized carbons (Fsp3) is 0.364. The number of H-pyrrole nitrogens is 1. The molecule has 0 atom stereocenters. The summed E-state index contributed by atoms with van der Waals surface area (Å²) in [6.45, 7) is 0.842. The van der Waals surface area contributed by atoms with Crippen LogP contribution in [0.3, 0.4) is 0 Å². The van der Waals surface area contributed by atoms with E-state index in [9.17, 15) is 0 Å². The lowest BCUT2D eigenvalue weighted by Gasteiger charge is -2.01. The molecular formula is C11H12BrN3O. The molecule has 2 N–H and O–H groups in total. The Labute approximate surface area is 102 Å². The van der Waals surface area contributed by atoms with Crippen LogP contribution in [-0.2, 0) is 6.54 Å². The van der Waals surface area contributed by atoms with E-state index >= 15 is 0 Å². The summed E-state index contributed by atoms with van der Waals surface area (Å²) in [5, 5.41) is 10.5. The maximum Gasteiger partial charge on any atom is 0.169 e. The first kappa shape index (κ1) is 10.1. The Kier molecular flexibility index (Phi) is 2.57. The van der Waals surface area contributed by atoms with Gasteiger partial charge in [0.25, 0.3) is 0 Å². The highest BCUT2D eigenvalue weighted by molar-refractivity contribution is 9.10. The van der Waals surface area contributed by atoms with Crippen LogP contribution >= 0.6 is 15.9 Å². The fourth-order valence-corrected chi connectivity index (χ4v) is 1.96. The second-order valence-corrected chi connectivity index (χ2v) is 4.81. The first-order chi connectivity index (χ1) is 7.83. The zero-order chi connectivity index (χ0) is 11.0. The van der Waals surface area contributed by atoms with E-state index in [4.69, 9.17) is 4.42 Å². The number of nitrogens with one attached hydrogen (secondary N) is 2. The minimum atomic E-state index is 0.700. The molecular weight excluding hydrogens is 270 g/mol. The zero-order valence-corrected chi connectivity index (χ0v) is 10.3. The predicted molar refractivity (Wildman–Crippen MR) is 63.9 cm³/mol. The first-order valence-corrected chi connectivity index (χ1v) is 6.13. The number of hydrogen-bond donors (Lipinski definition) is 2. The summed E-state index contributed by atoms with van der Waals surface area (Å²) in [6.07, 6.45) is 4.43. The van der Waals surface area contributed by atoms with Crippen molar-refractivity contribution in [3.05, 3.63) is 28.6 Å². The van der Waals surface area contributed by atoms with Crippen molar-refractivity contribution in [1.82, 2.24) is 15.5 Å². The van der Waals surface area contributed by atoms with Gasteiger partial charge in [-0.2, -0.15) is 5.10 Å². The maximum absolute atomic E-state index is 5.51. The lowest BCUT2D eigenvalue weighted by Crippen LogP contribution is -2.15. The SMILES string of the molecule is Brc1ccc(-c2[nH]ncc2CNC2CC2)o1. The fourth-order valence-electron chi connectivity index (χ4n) is 1.65. The second-order valence-electron chi connectivity index (χ2n) is 4.03. The van der Waals surface area contributed by atoms with Gasteiger partial charge in [-0.1, -0.05) is 0 Å². The van der Waals surface area contributed by atoms with Crippen molar-refractivity contribution in [1.29, 1.82) is 0 Å². The third-order valence-corrected chi connectivity index (χ3v) is 3.12. The van der Waals surface area contributed by atoms with Gasteiger partial charge in [-0.3, -0.25) is 5.10 Å². The molecule has 84 valence electrons. The van der Waals surface area contributed by atoms with Gasteiger partial charge in [0.1, 0.15) is 5.69 Å². The molecule has 16 heavy (non-hydrogen) atoms. The second kappa shape index (κ2) is 4.07. The molecule has 1 fully saturated rings. The lowest BCUT2D eigenvalue weighted by molar-refractivity contribution is 0.552. The predicted octanol–water partition coefficient (Wildman–Crippen LogP) is 2.68. The van der Waals surface area contributed by atoms with Crippen LogP contribution in [0.25, 0.3) is 11.5 Å². The molecule has 2 aromatic heterocycles. The van der Waals surface area contributed by atoms with Crippen molar-refractivity contribution in [2.24, 2.45) is 0 Å². The van der Waals surface area contributed by atoms with E-state index in [-0.39, 0.29) is 0 Å². The smallest absolute Gasteiger partial charge is 0.169 e. The van der Waals surface area contributed by atoms with Crippen molar-refractivity contribution in [2.75, 3.05) is 0 Å². The van der Waals surface area contributed by atoms with Gasteiger partial charge in [0.05, 0.1) is 6.20 Å². The van der Waals surface area contributed by atoms with Crippen LogP contribution in [0.1, 0.15) is 18.4 Å². The molecule has 2 heterocycles. The topological polar surface area (TPSA) is 53.9 Å². The number of aromatic amines is 1. The molecule has 1 saturated carbocycles. The van der Waals surface area contributed by atoms with Gasteiger partial charge in [-0.25, -0.2) is 0 Å². The van der Waals surface area contributed by atoms with Gasteiger partial charge in [0, 0.05) is 18.2 Å². The van der Waals surface area contributed by atoms with Crippen LogP contribution in [0.15, 0.2) is 27.4 Å². The van der Waals surface area contributed by atoms with E-state index in [1.807, 2.05) is 18.3 Å². The average molecular weight is 282 g/mol. The van der Waals surface area contributed by atoms with Crippen LogP contribution in [0, 0.1) is 0 Å². The van der Waals surface area contributed by atoms with E-state index in [1.54, 1.807) is 0 Å². The molecule has 1 aliphatic carbocycles. The highest BCUT2D eigenvalue weighted by Gasteiger charge is 2.21. The summed E-state index contributed by atoms with van der Waals surface area (Å²) in [4.78, 5) is 0. The molecule has 0 aromatic carbocycles. The van der Waals surface area contributed by atoms with Crippen LogP contribution in [-0.4, -0.2) is 16.2 Å². The zero-order valence-electron chi connectivity index (χ0n) is 8.66. The maximum atomic E-state index is 5.51. The summed E-state index contributed by atoms with van der Waals surface area (Å²) in [5.41, 5.74) is 2.10. The molecule has 0 saturated heterocycles. The first-order valence-electron chi connectivity index (χ1n) is 5.34. The molecule has 4 nitrogen and oxygen atoms in total. The summed E-state index contributed by atoms with van der Waals surface area (Å²) >= 11 is 3.30. The third-order valence-electron chi connectivity index (χ3n) is 2.70. The van der Waals surface area contributed by atoms with E-state index < -0.39 is 0 Å². The Morgan fingerprint density at radius 3 is 3.06 bits per heavy atom. The highest BCUT2D eigenvalue weighted by atomic mass is 79.9. The molecule has 0 amide bonds. The molecule has 0 unspecified atom stereocenters. The minimum Gasteiger partial charge on any atom is -0.448 e. The number of nitrogens with zero attached hydrogens (tertiary/aromatic N) is 1. The van der Waals surface area contributed by atoms with Crippen molar-refractivity contribution in [3.63, 3.8) is 0 Å². The molecule has 0 bridgehead atoms.